The molecule has 0 heterocycles. The molecule has 0 aromatic rings. The van der Waals surface area contributed by atoms with Crippen LogP contribution in [0.2, 0.25) is 0 Å². The maximum atomic E-state index is 11.3. The maximum Gasteiger partial charge on any atom is 0.320 e. The van der Waals surface area contributed by atoms with Crippen molar-refractivity contribution in [2.45, 2.75) is 13.3 Å². The maximum absolute atomic E-state index is 11.3. The van der Waals surface area contributed by atoms with E-state index in [2.05, 4.69) is 17.7 Å². The molecule has 0 amide bonds. The Morgan fingerprint density at radius 1 is 1.60 bits per heavy atom. The first kappa shape index (κ1) is 14.5. The predicted molar refractivity (Wildman–Crippen MR) is 66.3 cm³/mol. The SMILES string of the molecule is C=CCN(CCCSC)CC(=O)OCC. The lowest BCUT2D eigenvalue weighted by Gasteiger charge is -2.18. The summed E-state index contributed by atoms with van der Waals surface area (Å²) in [5.74, 6) is 0.972. The lowest BCUT2D eigenvalue weighted by Crippen LogP contribution is -2.32. The Bertz CT molecular complexity index is 185. The monoisotopic (exact) mass is 231 g/mol. The highest BCUT2D eigenvalue weighted by atomic mass is 32.2. The van der Waals surface area contributed by atoms with E-state index in [1.165, 1.54) is 0 Å². The molecule has 0 N–H and O–H groups in total. The minimum Gasteiger partial charge on any atom is -0.465 e. The molecular formula is C11H21NO2S. The van der Waals surface area contributed by atoms with Crippen LogP contribution in [0.1, 0.15) is 13.3 Å². The van der Waals surface area contributed by atoms with Gasteiger partial charge in [-0.05, 0) is 31.9 Å². The van der Waals surface area contributed by atoms with Crippen LogP contribution < -0.4 is 0 Å². The fraction of sp³-hybridized carbons (Fsp3) is 0.727. The van der Waals surface area contributed by atoms with E-state index in [9.17, 15) is 4.79 Å². The predicted octanol–water partition coefficient (Wildman–Crippen LogP) is 1.79. The highest BCUT2D eigenvalue weighted by Crippen LogP contribution is 1.99. The minimum absolute atomic E-state index is 0.150. The second-order valence-corrected chi connectivity index (χ2v) is 4.16. The summed E-state index contributed by atoms with van der Waals surface area (Å²) in [5, 5.41) is 0. The molecule has 0 aliphatic carbocycles. The number of hydrogen-bond donors (Lipinski definition) is 0. The van der Waals surface area contributed by atoms with Gasteiger partial charge in [-0.25, -0.2) is 0 Å². The molecule has 0 bridgehead atoms. The number of nitrogens with zero attached hydrogens (tertiary/aromatic N) is 1. The zero-order chi connectivity index (χ0) is 11.5. The smallest absolute Gasteiger partial charge is 0.320 e. The van der Waals surface area contributed by atoms with Crippen LogP contribution in [0.3, 0.4) is 0 Å². The number of carbonyl (C=O) groups is 1. The van der Waals surface area contributed by atoms with E-state index in [1.54, 1.807) is 0 Å². The van der Waals surface area contributed by atoms with Crippen molar-refractivity contribution in [1.29, 1.82) is 0 Å². The fourth-order valence-corrected chi connectivity index (χ4v) is 1.66. The van der Waals surface area contributed by atoms with Crippen LogP contribution in [0.15, 0.2) is 12.7 Å². The first-order valence-corrected chi connectivity index (χ1v) is 6.61. The minimum atomic E-state index is -0.150. The number of ether oxygens (including phenoxy) is 1. The zero-order valence-corrected chi connectivity index (χ0v) is 10.5. The lowest BCUT2D eigenvalue weighted by molar-refractivity contribution is -0.144. The summed E-state index contributed by atoms with van der Waals surface area (Å²) in [7, 11) is 0. The van der Waals surface area contributed by atoms with Crippen molar-refractivity contribution in [1.82, 2.24) is 4.90 Å². The van der Waals surface area contributed by atoms with Crippen LogP contribution in [-0.4, -0.2) is 49.1 Å². The molecule has 0 rings (SSSR count). The summed E-state index contributed by atoms with van der Waals surface area (Å²) in [4.78, 5) is 13.3. The molecule has 0 aliphatic heterocycles. The average Bonchev–Trinajstić information content (AvgIpc) is 2.18. The molecule has 0 aromatic heterocycles. The van der Waals surface area contributed by atoms with Gasteiger partial charge in [-0.1, -0.05) is 6.08 Å². The molecule has 0 aromatic carbocycles. The van der Waals surface area contributed by atoms with Crippen molar-refractivity contribution in [2.24, 2.45) is 0 Å². The Balaban J connectivity index is 3.80. The summed E-state index contributed by atoms with van der Waals surface area (Å²) in [6, 6.07) is 0. The molecule has 0 radical (unpaired) electrons. The molecule has 0 unspecified atom stereocenters. The molecule has 0 saturated heterocycles. The van der Waals surface area contributed by atoms with Crippen LogP contribution in [-0.2, 0) is 9.53 Å². The summed E-state index contributed by atoms with van der Waals surface area (Å²) in [5.41, 5.74) is 0. The van der Waals surface area contributed by atoms with Crippen LogP contribution in [0.5, 0.6) is 0 Å². The molecule has 0 spiro atoms. The summed E-state index contributed by atoms with van der Waals surface area (Å²) >= 11 is 1.82. The van der Waals surface area contributed by atoms with Gasteiger partial charge in [0.2, 0.25) is 0 Å². The van der Waals surface area contributed by atoms with Gasteiger partial charge in [0.25, 0.3) is 0 Å². The second kappa shape index (κ2) is 10.1. The van der Waals surface area contributed by atoms with Crippen LogP contribution in [0.4, 0.5) is 0 Å². The second-order valence-electron chi connectivity index (χ2n) is 3.18. The van der Waals surface area contributed by atoms with E-state index < -0.39 is 0 Å². The van der Waals surface area contributed by atoms with Gasteiger partial charge in [-0.2, -0.15) is 11.8 Å². The van der Waals surface area contributed by atoms with Gasteiger partial charge < -0.3 is 4.74 Å². The van der Waals surface area contributed by atoms with E-state index in [0.717, 1.165) is 25.3 Å². The molecule has 15 heavy (non-hydrogen) atoms. The molecular weight excluding hydrogens is 210 g/mol. The topological polar surface area (TPSA) is 29.5 Å². The Kier molecular flexibility index (Phi) is 9.73. The third kappa shape index (κ3) is 8.51. The molecule has 4 heteroatoms. The van der Waals surface area contributed by atoms with Crippen LogP contribution in [0, 0.1) is 0 Å². The standard InChI is InChI=1S/C11H21NO2S/c1-4-7-12(8-6-9-15-3)10-11(13)14-5-2/h4H,1,5-10H2,2-3H3. The number of hydrogen-bond acceptors (Lipinski definition) is 4. The quantitative estimate of drug-likeness (QED) is 0.344. The van der Waals surface area contributed by atoms with Crippen molar-refractivity contribution < 1.29 is 9.53 Å². The Hall–Kier alpha value is -0.480. The zero-order valence-electron chi connectivity index (χ0n) is 9.70. The largest absolute Gasteiger partial charge is 0.465 e. The Morgan fingerprint density at radius 2 is 2.33 bits per heavy atom. The van der Waals surface area contributed by atoms with Gasteiger partial charge in [0.15, 0.2) is 0 Å². The van der Waals surface area contributed by atoms with Crippen molar-refractivity contribution >= 4 is 17.7 Å². The van der Waals surface area contributed by atoms with Crippen LogP contribution in [0.25, 0.3) is 0 Å². The number of esters is 1. The molecule has 0 saturated carbocycles. The third-order valence-corrected chi connectivity index (χ3v) is 2.57. The molecule has 88 valence electrons. The van der Waals surface area contributed by atoms with Gasteiger partial charge in [0.05, 0.1) is 13.2 Å². The molecule has 0 aliphatic rings. The van der Waals surface area contributed by atoms with Crippen molar-refractivity contribution in [3.63, 3.8) is 0 Å². The normalized spacial score (nSPS) is 10.3. The Labute approximate surface area is 96.9 Å². The van der Waals surface area contributed by atoms with E-state index in [1.807, 2.05) is 24.8 Å². The van der Waals surface area contributed by atoms with Gasteiger partial charge >= 0.3 is 5.97 Å². The molecule has 0 atom stereocenters. The van der Waals surface area contributed by atoms with Crippen molar-refractivity contribution in [3.05, 3.63) is 12.7 Å². The average molecular weight is 231 g/mol. The summed E-state index contributed by atoms with van der Waals surface area (Å²) in [6.45, 7) is 7.99. The number of rotatable bonds is 9. The van der Waals surface area contributed by atoms with Gasteiger partial charge in [0.1, 0.15) is 0 Å². The van der Waals surface area contributed by atoms with E-state index in [4.69, 9.17) is 4.74 Å². The van der Waals surface area contributed by atoms with Gasteiger partial charge in [-0.15, -0.1) is 6.58 Å². The van der Waals surface area contributed by atoms with E-state index in [0.29, 0.717) is 13.2 Å². The summed E-state index contributed by atoms with van der Waals surface area (Å²) < 4.78 is 4.90. The van der Waals surface area contributed by atoms with Crippen molar-refractivity contribution in [3.8, 4) is 0 Å². The first-order chi connectivity index (χ1) is 7.24. The fourth-order valence-electron chi connectivity index (χ4n) is 1.24. The van der Waals surface area contributed by atoms with Crippen LogP contribution >= 0.6 is 11.8 Å². The first-order valence-electron chi connectivity index (χ1n) is 5.22. The van der Waals surface area contributed by atoms with E-state index in [-0.39, 0.29) is 5.97 Å². The summed E-state index contributed by atoms with van der Waals surface area (Å²) in [6.07, 6.45) is 5.00. The third-order valence-electron chi connectivity index (χ3n) is 1.87. The lowest BCUT2D eigenvalue weighted by atomic mass is 10.4. The molecule has 0 fully saturated rings. The highest BCUT2D eigenvalue weighted by molar-refractivity contribution is 7.98. The van der Waals surface area contributed by atoms with Gasteiger partial charge in [0, 0.05) is 6.54 Å². The number of thioether (sulfide) groups is 1. The highest BCUT2D eigenvalue weighted by Gasteiger charge is 2.09. The molecule has 3 nitrogen and oxygen atoms in total. The number of carbonyl (C=O) groups excluding carboxylic acids is 1. The Morgan fingerprint density at radius 3 is 2.87 bits per heavy atom. The van der Waals surface area contributed by atoms with Gasteiger partial charge in [-0.3, -0.25) is 9.69 Å². The van der Waals surface area contributed by atoms with Crippen molar-refractivity contribution in [2.75, 3.05) is 38.2 Å². The van der Waals surface area contributed by atoms with E-state index >= 15 is 0 Å².